The highest BCUT2D eigenvalue weighted by Gasteiger charge is 2.17. The molecular weight excluding hydrogens is 376 g/mol. The van der Waals surface area contributed by atoms with E-state index < -0.39 is 20.7 Å². The molecule has 1 aromatic heterocycles. The van der Waals surface area contributed by atoms with Gasteiger partial charge in [-0.15, -0.1) is 0 Å². The van der Waals surface area contributed by atoms with Crippen LogP contribution in [0.25, 0.3) is 11.0 Å². The maximum atomic E-state index is 12.7. The zero-order chi connectivity index (χ0) is 20.5. The minimum atomic E-state index is -3.18. The van der Waals surface area contributed by atoms with Crippen molar-refractivity contribution in [3.63, 3.8) is 0 Å². The second-order valence-electron chi connectivity index (χ2n) is 7.17. The molecule has 0 bridgehead atoms. The quantitative estimate of drug-likeness (QED) is 0.465. The summed E-state index contributed by atoms with van der Waals surface area (Å²) in [5.74, 6) is -0.0909. The summed E-state index contributed by atoms with van der Waals surface area (Å²) in [6, 6.07) is 13.3. The molecule has 28 heavy (non-hydrogen) atoms. The zero-order valence-corrected chi connectivity index (χ0v) is 16.9. The maximum absolute atomic E-state index is 12.7. The molecule has 0 N–H and O–H groups in total. The van der Waals surface area contributed by atoms with Crippen molar-refractivity contribution in [3.05, 3.63) is 81.2 Å². The molecule has 146 valence electrons. The Morgan fingerprint density at radius 2 is 1.68 bits per heavy atom. The van der Waals surface area contributed by atoms with E-state index >= 15 is 0 Å². The van der Waals surface area contributed by atoms with Crippen molar-refractivity contribution >= 4 is 26.6 Å². The molecule has 0 aliphatic carbocycles. The van der Waals surface area contributed by atoms with Crippen molar-refractivity contribution in [1.29, 1.82) is 0 Å². The van der Waals surface area contributed by atoms with Crippen LogP contribution >= 0.6 is 0 Å². The van der Waals surface area contributed by atoms with Crippen LogP contribution in [0, 0.1) is 6.92 Å². The molecule has 0 spiro atoms. The molecule has 0 saturated carbocycles. The number of ketones is 1. The van der Waals surface area contributed by atoms with Crippen molar-refractivity contribution in [1.82, 2.24) is 0 Å². The van der Waals surface area contributed by atoms with Gasteiger partial charge in [-0.25, -0.2) is 13.2 Å². The van der Waals surface area contributed by atoms with Crippen LogP contribution in [-0.2, 0) is 22.0 Å². The third-order valence-electron chi connectivity index (χ3n) is 4.90. The highest BCUT2D eigenvalue weighted by atomic mass is 32.2. The molecule has 5 nitrogen and oxygen atoms in total. The van der Waals surface area contributed by atoms with E-state index in [2.05, 4.69) is 0 Å². The topological polar surface area (TPSA) is 81.4 Å². The predicted octanol–water partition coefficient (Wildman–Crippen LogP) is 3.85. The van der Waals surface area contributed by atoms with Crippen molar-refractivity contribution < 1.29 is 17.6 Å². The average molecular weight is 398 g/mol. The van der Waals surface area contributed by atoms with Gasteiger partial charge in [-0.05, 0) is 49.6 Å². The van der Waals surface area contributed by atoms with Crippen LogP contribution in [0.3, 0.4) is 0 Å². The van der Waals surface area contributed by atoms with Gasteiger partial charge in [0.2, 0.25) is 0 Å². The van der Waals surface area contributed by atoms with Crippen LogP contribution in [-0.4, -0.2) is 19.5 Å². The Kier molecular flexibility index (Phi) is 5.52. The van der Waals surface area contributed by atoms with E-state index in [1.165, 1.54) is 6.07 Å². The first-order chi connectivity index (χ1) is 13.2. The number of carbonyl (C=O) groups is 1. The lowest BCUT2D eigenvalue weighted by atomic mass is 9.96. The van der Waals surface area contributed by atoms with Crippen LogP contribution in [0.2, 0.25) is 0 Å². The van der Waals surface area contributed by atoms with E-state index in [9.17, 15) is 18.0 Å². The van der Waals surface area contributed by atoms with Crippen molar-refractivity contribution in [2.45, 2.75) is 38.2 Å². The van der Waals surface area contributed by atoms with Crippen molar-refractivity contribution in [2.75, 3.05) is 0 Å². The van der Waals surface area contributed by atoms with E-state index in [4.69, 9.17) is 4.42 Å². The fourth-order valence-corrected chi connectivity index (χ4v) is 3.98. The Labute approximate surface area is 163 Å². The molecule has 6 heteroatoms. The molecule has 0 atom stereocenters. The summed E-state index contributed by atoms with van der Waals surface area (Å²) in [6.07, 6.45) is 0.213. The Morgan fingerprint density at radius 1 is 1.00 bits per heavy atom. The van der Waals surface area contributed by atoms with Crippen LogP contribution in [0.5, 0.6) is 0 Å². The Bertz CT molecular complexity index is 1190. The molecule has 0 saturated heterocycles. The first-order valence-corrected chi connectivity index (χ1v) is 10.7. The number of sulfone groups is 1. The van der Waals surface area contributed by atoms with Crippen molar-refractivity contribution in [3.8, 4) is 0 Å². The summed E-state index contributed by atoms with van der Waals surface area (Å²) in [7, 11) is -3.18. The third-order valence-corrected chi connectivity index (χ3v) is 7.07. The number of carbonyl (C=O) groups excluding carboxylic acids is 1. The van der Waals surface area contributed by atoms with Crippen molar-refractivity contribution in [2.24, 2.45) is 0 Å². The first-order valence-electron chi connectivity index (χ1n) is 9.03. The SMILES string of the molecule is Cc1c(CC(=O)c2ccc(CS(=O)(=O)C(C)C)cc2)ccc2oc(=O)ccc12. The molecule has 0 radical (unpaired) electrons. The van der Waals surface area contributed by atoms with Gasteiger partial charge >= 0.3 is 5.63 Å². The third kappa shape index (κ3) is 4.22. The summed E-state index contributed by atoms with van der Waals surface area (Å²) < 4.78 is 29.2. The molecular formula is C22H22O5S. The van der Waals surface area contributed by atoms with Gasteiger partial charge in [0.15, 0.2) is 15.6 Å². The predicted molar refractivity (Wildman–Crippen MR) is 109 cm³/mol. The monoisotopic (exact) mass is 398 g/mol. The fourth-order valence-electron chi connectivity index (χ4n) is 2.99. The number of hydrogen-bond donors (Lipinski definition) is 0. The summed E-state index contributed by atoms with van der Waals surface area (Å²) >= 11 is 0. The smallest absolute Gasteiger partial charge is 0.336 e. The van der Waals surface area contributed by atoms with E-state index in [1.807, 2.05) is 6.92 Å². The average Bonchev–Trinajstić information content (AvgIpc) is 2.64. The van der Waals surface area contributed by atoms with Crippen LogP contribution in [0.1, 0.15) is 40.9 Å². The molecule has 0 fully saturated rings. The number of Topliss-reactive ketones (excluding diaryl/α,β-unsaturated/α-hetero) is 1. The summed E-state index contributed by atoms with van der Waals surface area (Å²) in [6.45, 7) is 5.21. The lowest BCUT2D eigenvalue weighted by Gasteiger charge is -2.10. The molecule has 0 aliphatic heterocycles. The Balaban J connectivity index is 1.80. The molecule has 0 aliphatic rings. The van der Waals surface area contributed by atoms with Gasteiger partial charge in [-0.1, -0.05) is 30.3 Å². The number of aryl methyl sites for hydroxylation is 1. The van der Waals surface area contributed by atoms with Gasteiger partial charge in [0.05, 0.1) is 11.0 Å². The molecule has 3 aromatic rings. The minimum absolute atomic E-state index is 0.0336. The van der Waals surface area contributed by atoms with Gasteiger partial charge < -0.3 is 4.42 Å². The van der Waals surface area contributed by atoms with Crippen LogP contribution in [0.15, 0.2) is 57.7 Å². The standard InChI is InChI=1S/C22H22O5S/c1-14(2)28(25,26)13-16-4-6-17(7-5-16)20(23)12-18-8-10-21-19(15(18)3)9-11-22(24)27-21/h4-11,14H,12-13H2,1-3H3. The number of hydrogen-bond acceptors (Lipinski definition) is 5. The largest absolute Gasteiger partial charge is 0.423 e. The molecule has 0 unspecified atom stereocenters. The highest BCUT2D eigenvalue weighted by Crippen LogP contribution is 2.22. The molecule has 0 amide bonds. The molecule has 2 aromatic carbocycles. The number of benzene rings is 2. The van der Waals surface area contributed by atoms with Gasteiger partial charge in [0.25, 0.3) is 0 Å². The molecule has 3 rings (SSSR count). The summed E-state index contributed by atoms with van der Waals surface area (Å²) in [4.78, 5) is 24.0. The molecule has 1 heterocycles. The first kappa shape index (κ1) is 20.0. The van der Waals surface area contributed by atoms with E-state index in [1.54, 1.807) is 56.3 Å². The summed E-state index contributed by atoms with van der Waals surface area (Å²) in [5, 5.41) is 0.369. The van der Waals surface area contributed by atoms with Crippen LogP contribution < -0.4 is 5.63 Å². The lowest BCUT2D eigenvalue weighted by molar-refractivity contribution is 0.0993. The second kappa shape index (κ2) is 7.72. The highest BCUT2D eigenvalue weighted by molar-refractivity contribution is 7.91. The van der Waals surface area contributed by atoms with Gasteiger partial charge in [-0.3, -0.25) is 4.79 Å². The maximum Gasteiger partial charge on any atom is 0.336 e. The lowest BCUT2D eigenvalue weighted by Crippen LogP contribution is -2.16. The van der Waals surface area contributed by atoms with Gasteiger partial charge in [0, 0.05) is 23.4 Å². The van der Waals surface area contributed by atoms with E-state index in [-0.39, 0.29) is 18.0 Å². The Hall–Kier alpha value is -2.73. The number of fused-ring (bicyclic) bond motifs is 1. The summed E-state index contributed by atoms with van der Waals surface area (Å²) in [5.41, 5.74) is 3.05. The van der Waals surface area contributed by atoms with Gasteiger partial charge in [0.1, 0.15) is 5.58 Å². The van der Waals surface area contributed by atoms with Gasteiger partial charge in [-0.2, -0.15) is 0 Å². The fraction of sp³-hybridized carbons (Fsp3) is 0.273. The Morgan fingerprint density at radius 3 is 2.32 bits per heavy atom. The minimum Gasteiger partial charge on any atom is -0.423 e. The van der Waals surface area contributed by atoms with E-state index in [0.29, 0.717) is 16.7 Å². The van der Waals surface area contributed by atoms with E-state index in [0.717, 1.165) is 16.5 Å². The number of rotatable bonds is 6. The van der Waals surface area contributed by atoms with Crippen LogP contribution in [0.4, 0.5) is 0 Å². The zero-order valence-electron chi connectivity index (χ0n) is 16.1. The second-order valence-corrected chi connectivity index (χ2v) is 9.73. The normalized spacial score (nSPS) is 11.9.